The number of carbonyl (C=O) groups excluding carboxylic acids is 5. The third-order valence-corrected chi connectivity index (χ3v) is 21.3. The molecule has 0 spiro atoms. The van der Waals surface area contributed by atoms with Crippen LogP contribution in [0, 0.1) is 34.1 Å². The third kappa shape index (κ3) is 27.3. The molecule has 0 fully saturated rings. The van der Waals surface area contributed by atoms with Crippen molar-refractivity contribution in [3.8, 4) is 6.07 Å². The number of nitrogens with one attached hydrogen (secondary N) is 1. The van der Waals surface area contributed by atoms with Crippen LogP contribution in [-0.4, -0.2) is 70.5 Å². The van der Waals surface area contributed by atoms with Gasteiger partial charge in [-0.05, 0) is 273 Å². The molecule has 0 saturated carbocycles. The minimum Gasteiger partial charge on any atom is -0.481 e. The minimum atomic E-state index is -0.953. The van der Waals surface area contributed by atoms with Crippen molar-refractivity contribution in [1.29, 1.82) is 5.26 Å². The standard InChI is InChI=1S/C56H59N3O8.C50H42N8O4/c1-36-28-42(33-48(53(36)65)55(2,3)4)43-31-41(54(66)49(34-43)56(5,6)7)18-14-37-15-20-44(21-16-37)57-58-50-23-22-47(32-40(50)19-25-52(63)64)59(45-12-8-10-38(29-45)17-24-51(61)62)46-13-9-11-39(30-46)26-27-67-35-60;1-50(2)27-38(26-42(28-50)48(29-51)52-3)10-9-36-11-15-43(16-12-36)56-57-44-17-21-47(22-18-44)58(45-7-5-4-6-8-45)46-19-13-37(14-20-46)33-62-49(61)55-32-41-24-39(30-53-34-59)23-40(25-41)31-54-35-60/h8-16,18,20-23,28-34,60H,17,19,24-27,35H2,1-7H3,(H,61,62)(H,63,64);4-26H,27-28,30-33H2,1-2H3,(H,55,61)/b18-14+,43-42-,58-57?;10-9+,48-42+,57-56?. The van der Waals surface area contributed by atoms with Gasteiger partial charge in [-0.15, -0.1) is 0 Å². The Balaban J connectivity index is 0.000000250. The fourth-order valence-electron chi connectivity index (χ4n) is 14.9. The van der Waals surface area contributed by atoms with Crippen LogP contribution < -0.4 is 15.1 Å². The number of aliphatic carboxylic acids is 2. The van der Waals surface area contributed by atoms with E-state index >= 15 is 0 Å². The maximum absolute atomic E-state index is 13.9. The molecular weight excluding hydrogens is 1620 g/mol. The minimum absolute atomic E-state index is 0.0164. The predicted octanol–water partition coefficient (Wildman–Crippen LogP) is 24.5. The Kier molecular flexibility index (Phi) is 32.5. The van der Waals surface area contributed by atoms with Crippen molar-refractivity contribution in [1.82, 2.24) is 5.32 Å². The average Bonchev–Trinajstić information content (AvgIpc) is 0.758. The fourth-order valence-corrected chi connectivity index (χ4v) is 14.9. The van der Waals surface area contributed by atoms with E-state index in [2.05, 4.69) is 65.4 Å². The highest BCUT2D eigenvalue weighted by Crippen LogP contribution is 2.44. The number of hydrogen-bond donors (Lipinski definition) is 4. The maximum atomic E-state index is 13.9. The van der Waals surface area contributed by atoms with Crippen molar-refractivity contribution in [2.45, 2.75) is 134 Å². The van der Waals surface area contributed by atoms with Crippen LogP contribution in [0.15, 0.2) is 336 Å². The molecule has 0 aliphatic heterocycles. The summed E-state index contributed by atoms with van der Waals surface area (Å²) in [7, 11) is 0. The fraction of sp³-hybridized carbons (Fsp3) is 0.236. The highest BCUT2D eigenvalue weighted by Gasteiger charge is 2.33. The first-order valence-electron chi connectivity index (χ1n) is 42.1. The molecule has 9 aromatic rings. The smallest absolute Gasteiger partial charge is 0.407 e. The lowest BCUT2D eigenvalue weighted by atomic mass is 9.74. The Morgan fingerprint density at radius 3 is 1.59 bits per heavy atom. The quantitative estimate of drug-likeness (QED) is 0.00579. The van der Waals surface area contributed by atoms with Crippen LogP contribution in [0.2, 0.25) is 0 Å². The lowest BCUT2D eigenvalue weighted by molar-refractivity contribution is -0.138. The number of anilines is 6. The molecule has 12 rings (SSSR count). The number of aryl methyl sites for hydroxylation is 2. The molecule has 23 nitrogen and oxygen atoms in total. The number of aliphatic hydroxyl groups excluding tert-OH is 1. The molecule has 1 amide bonds. The summed E-state index contributed by atoms with van der Waals surface area (Å²) >= 11 is 0. The molecule has 23 heteroatoms. The highest BCUT2D eigenvalue weighted by atomic mass is 16.6. The van der Waals surface area contributed by atoms with Crippen LogP contribution in [0.5, 0.6) is 0 Å². The number of nitriles is 1. The van der Waals surface area contributed by atoms with Gasteiger partial charge in [-0.25, -0.2) is 34.5 Å². The van der Waals surface area contributed by atoms with Crippen molar-refractivity contribution in [3.63, 3.8) is 0 Å². The molecule has 4 N–H and O–H groups in total. The second-order valence-electron chi connectivity index (χ2n) is 34.0. The van der Waals surface area contributed by atoms with Gasteiger partial charge >= 0.3 is 18.0 Å². The molecule has 0 heterocycles. The summed E-state index contributed by atoms with van der Waals surface area (Å²) in [5.41, 5.74) is 20.5. The molecular formula is C106H101N11O12. The third-order valence-electron chi connectivity index (χ3n) is 21.3. The van der Waals surface area contributed by atoms with Gasteiger partial charge in [0.25, 0.3) is 5.70 Å². The summed E-state index contributed by atoms with van der Waals surface area (Å²) in [5, 5.41) is 58.4. The van der Waals surface area contributed by atoms with Gasteiger partial charge in [0.1, 0.15) is 13.4 Å². The number of rotatable bonds is 32. The molecule has 0 bridgehead atoms. The molecule has 0 aromatic heterocycles. The van der Waals surface area contributed by atoms with E-state index < -0.39 is 23.4 Å². The Morgan fingerprint density at radius 2 is 1.03 bits per heavy atom. The van der Waals surface area contributed by atoms with E-state index in [-0.39, 0.29) is 80.4 Å². The first kappa shape index (κ1) is 94.3. The van der Waals surface area contributed by atoms with Crippen LogP contribution in [0.3, 0.4) is 0 Å². The van der Waals surface area contributed by atoms with E-state index in [1.54, 1.807) is 18.2 Å². The predicted molar refractivity (Wildman–Crippen MR) is 502 cm³/mol. The number of aliphatic hydroxyl groups is 1. The van der Waals surface area contributed by atoms with Gasteiger partial charge in [-0.1, -0.05) is 183 Å². The number of allylic oxidation sites excluding steroid dienone is 16. The van der Waals surface area contributed by atoms with Gasteiger partial charge in [0.2, 0.25) is 12.2 Å². The molecule has 129 heavy (non-hydrogen) atoms. The van der Waals surface area contributed by atoms with E-state index in [0.29, 0.717) is 82.0 Å². The number of hydrogen-bond acceptors (Lipinski definition) is 19. The van der Waals surface area contributed by atoms with Crippen LogP contribution >= 0.6 is 0 Å². The number of para-hydroxylation sites is 1. The number of aliphatic imine (C=N–C) groups is 2. The van der Waals surface area contributed by atoms with Crippen molar-refractivity contribution >= 4 is 111 Å². The largest absolute Gasteiger partial charge is 0.481 e. The van der Waals surface area contributed by atoms with E-state index in [9.17, 15) is 49.0 Å². The number of benzene rings is 9. The van der Waals surface area contributed by atoms with Crippen LogP contribution in [-0.2, 0) is 83.7 Å². The van der Waals surface area contributed by atoms with Gasteiger partial charge in [-0.3, -0.25) is 19.2 Å². The number of carbonyl (C=O) groups is 5. The Bertz CT molecular complexity index is 6170. The number of amides is 1. The van der Waals surface area contributed by atoms with E-state index in [1.807, 2.05) is 302 Å². The van der Waals surface area contributed by atoms with Gasteiger partial charge < -0.3 is 39.9 Å². The van der Waals surface area contributed by atoms with Crippen LogP contribution in [0.1, 0.15) is 138 Å². The topological polar surface area (TPSA) is 319 Å². The Labute approximate surface area is 751 Å². The Morgan fingerprint density at radius 1 is 0.535 bits per heavy atom. The number of Topliss-reactive ketones (excluding diaryl/α,β-unsaturated/α-hetero) is 2. The summed E-state index contributed by atoms with van der Waals surface area (Å²) in [6.45, 7) is 26.0. The SMILES string of the molecule is CC1=C/C(=C2C=C(/C=C/c3ccc(N=Nc4ccc(N(c5cccc(CCOCO)c5)c5cccc(CCC(=O)O)c5)cc4CCC(=O)O)cc3)C(=O)C(C(C)(C)C)=C\2)C=C(C(C)(C)C)C1=O.[C-]#[N+]/C(C#N)=C1C=C(/C=C/c2ccc(N=Nc3ccc(N(c4ccccc4)c4ccc(COC(=O)NCc5cc(CN=C=O)cc(CN=C=O)c5)cc4)cc3)cc2)CC(C)(C)C\1. The second kappa shape index (κ2) is 44.5. The zero-order chi connectivity index (χ0) is 92.2. The molecule has 652 valence electrons. The van der Waals surface area contributed by atoms with E-state index in [1.165, 1.54) is 12.2 Å². The number of ketones is 2. The van der Waals surface area contributed by atoms with Gasteiger partial charge in [-0.2, -0.15) is 20.5 Å². The van der Waals surface area contributed by atoms with E-state index in [4.69, 9.17) is 21.2 Å². The van der Waals surface area contributed by atoms with Crippen molar-refractivity contribution in [2.24, 2.45) is 46.7 Å². The number of alkyl carbamates (subject to hydrolysis) is 1. The molecule has 0 unspecified atom stereocenters. The molecule has 3 aliphatic carbocycles. The van der Waals surface area contributed by atoms with Crippen LogP contribution in [0.4, 0.5) is 61.7 Å². The summed E-state index contributed by atoms with van der Waals surface area (Å²) in [6, 6.07) is 69.3. The van der Waals surface area contributed by atoms with E-state index in [0.717, 1.165) is 102 Å². The van der Waals surface area contributed by atoms with Crippen molar-refractivity contribution < 1.29 is 58.4 Å². The zero-order valence-corrected chi connectivity index (χ0v) is 73.6. The summed E-state index contributed by atoms with van der Waals surface area (Å²) in [4.78, 5) is 98.9. The van der Waals surface area contributed by atoms with Crippen molar-refractivity contribution in [3.05, 3.63) is 367 Å². The number of nitrogens with zero attached hydrogens (tertiary/aromatic N) is 10. The normalized spacial score (nSPS) is 14.8. The molecule has 9 aromatic carbocycles. The number of ether oxygens (including phenoxy) is 2. The monoisotopic (exact) mass is 1720 g/mol. The summed E-state index contributed by atoms with van der Waals surface area (Å²) < 4.78 is 10.7. The first-order chi connectivity index (χ1) is 61.9. The molecule has 0 saturated heterocycles. The van der Waals surface area contributed by atoms with Gasteiger partial charge in [0.15, 0.2) is 11.6 Å². The number of carboxylic acids is 2. The average molecular weight is 1720 g/mol. The van der Waals surface area contributed by atoms with Crippen LogP contribution in [0.25, 0.3) is 17.0 Å². The van der Waals surface area contributed by atoms with Gasteiger partial charge in [0.05, 0.1) is 55.1 Å². The number of carboxylic acid groups (broad SMARTS) is 2. The summed E-state index contributed by atoms with van der Waals surface area (Å²) in [6.07, 6.45) is 22.4. The number of azo groups is 2. The molecule has 3 aliphatic rings. The van der Waals surface area contributed by atoms with Gasteiger partial charge in [0, 0.05) is 70.2 Å². The lowest BCUT2D eigenvalue weighted by Crippen LogP contribution is -2.23. The maximum Gasteiger partial charge on any atom is 0.407 e. The number of isocyanates is 2. The summed E-state index contributed by atoms with van der Waals surface area (Å²) in [5.74, 6) is -1.86. The zero-order valence-electron chi connectivity index (χ0n) is 73.6. The first-order valence-corrected chi connectivity index (χ1v) is 42.1. The second-order valence-corrected chi connectivity index (χ2v) is 34.0. The van der Waals surface area contributed by atoms with Crippen molar-refractivity contribution in [2.75, 3.05) is 23.2 Å². The molecule has 0 atom stereocenters. The highest BCUT2D eigenvalue weighted by molar-refractivity contribution is 6.14. The lowest BCUT2D eigenvalue weighted by Gasteiger charge is -2.30. The molecule has 0 radical (unpaired) electrons. The Hall–Kier alpha value is -15.4.